The van der Waals surface area contributed by atoms with Crippen molar-refractivity contribution in [2.75, 3.05) is 74.6 Å². The van der Waals surface area contributed by atoms with Crippen LogP contribution >= 0.6 is 11.3 Å². The number of nitrogens with one attached hydrogen (secondary N) is 2. The van der Waals surface area contributed by atoms with E-state index < -0.39 is 42.1 Å². The molecule has 6 aliphatic rings. The van der Waals surface area contributed by atoms with E-state index in [-0.39, 0.29) is 60.8 Å². The number of amides is 5. The van der Waals surface area contributed by atoms with E-state index in [0.29, 0.717) is 64.7 Å². The second kappa shape index (κ2) is 18.3. The summed E-state index contributed by atoms with van der Waals surface area (Å²) in [5.41, 5.74) is 5.42. The van der Waals surface area contributed by atoms with E-state index in [9.17, 15) is 19.2 Å². The first kappa shape index (κ1) is 47.2. The van der Waals surface area contributed by atoms with Crippen LogP contribution in [0.4, 0.5) is 34.6 Å². The smallest absolute Gasteiger partial charge is 0.325 e. The molecule has 0 radical (unpaired) electrons. The Morgan fingerprint density at radius 3 is 2.51 bits per heavy atom. The van der Waals surface area contributed by atoms with Crippen molar-refractivity contribution in [1.29, 1.82) is 0 Å². The van der Waals surface area contributed by atoms with Gasteiger partial charge in [0, 0.05) is 98.2 Å². The molecule has 4 fully saturated rings. The minimum absolute atomic E-state index is 0.0703. The highest BCUT2D eigenvalue weighted by Crippen LogP contribution is 2.45. The van der Waals surface area contributed by atoms with Crippen molar-refractivity contribution in [3.8, 4) is 11.1 Å². The van der Waals surface area contributed by atoms with Gasteiger partial charge in [-0.15, -0.1) is 11.3 Å². The van der Waals surface area contributed by atoms with Gasteiger partial charge in [-0.2, -0.15) is 5.10 Å². The highest BCUT2D eigenvalue weighted by Gasteiger charge is 2.49. The minimum Gasteiger partial charge on any atom is -0.370 e. The van der Waals surface area contributed by atoms with E-state index in [1.807, 2.05) is 28.8 Å². The van der Waals surface area contributed by atoms with Gasteiger partial charge in [0.15, 0.2) is 17.0 Å². The molecular weight excluding hydrogens is 962 g/mol. The number of aromatic nitrogens is 5. The first-order valence-electron chi connectivity index (χ1n) is 24.9. The highest BCUT2D eigenvalue weighted by molar-refractivity contribution is 7.13. The van der Waals surface area contributed by atoms with Gasteiger partial charge in [-0.3, -0.25) is 34.2 Å². The number of carbonyl (C=O) groups is 4. The molecule has 0 bridgehead atoms. The lowest BCUT2D eigenvalue weighted by Gasteiger charge is -2.55. The number of aryl methyl sites for hydroxylation is 2. The Hall–Kier alpha value is -6.84. The molecule has 9 heterocycles. The Balaban J connectivity index is 0.641. The van der Waals surface area contributed by atoms with Crippen molar-refractivity contribution >= 4 is 62.6 Å². The number of nitrogens with zero attached hydrogens (tertiary/aromatic N) is 10. The van der Waals surface area contributed by atoms with Crippen LogP contribution in [0.3, 0.4) is 0 Å². The maximum absolute atomic E-state index is 16.0. The number of hydrogen-bond acceptors (Lipinski definition) is 11. The van der Waals surface area contributed by atoms with E-state index >= 15 is 13.2 Å². The lowest BCUT2D eigenvalue weighted by Crippen LogP contribution is -2.61. The third-order valence-corrected chi connectivity index (χ3v) is 16.8. The van der Waals surface area contributed by atoms with Crippen LogP contribution in [0, 0.1) is 11.2 Å². The lowest BCUT2D eigenvalue weighted by molar-refractivity contribution is -0.146. The van der Waals surface area contributed by atoms with Crippen LogP contribution in [0.2, 0.25) is 0 Å². The Kier molecular flexibility index (Phi) is 11.8. The van der Waals surface area contributed by atoms with Gasteiger partial charge in [0.1, 0.15) is 12.0 Å². The quantitative estimate of drug-likeness (QED) is 0.142. The van der Waals surface area contributed by atoms with Gasteiger partial charge in [0.05, 0.1) is 43.1 Å². The molecule has 73 heavy (non-hydrogen) atoms. The average Bonchev–Trinajstić information content (AvgIpc) is 4.24. The Morgan fingerprint density at radius 1 is 0.959 bits per heavy atom. The third-order valence-electron chi connectivity index (χ3n) is 16.1. The third kappa shape index (κ3) is 8.47. The monoisotopic (exact) mass is 1020 g/mol. The van der Waals surface area contributed by atoms with Gasteiger partial charge in [-0.1, -0.05) is 18.2 Å². The predicted octanol–water partition coefficient (Wildman–Crippen LogP) is 6.76. The Labute approximate surface area is 422 Å². The maximum Gasteiger partial charge on any atom is 0.325 e. The molecule has 3 atom stereocenters. The number of halogens is 3. The second-order valence-electron chi connectivity index (χ2n) is 20.5. The van der Waals surface area contributed by atoms with Crippen molar-refractivity contribution < 1.29 is 37.1 Å². The van der Waals surface area contributed by atoms with Crippen LogP contribution in [-0.2, 0) is 40.9 Å². The summed E-state index contributed by atoms with van der Waals surface area (Å²) < 4.78 is 56.9. The predicted molar refractivity (Wildman–Crippen MR) is 267 cm³/mol. The number of carbonyl (C=O) groups excluding carboxylic acids is 4. The molecule has 5 amide bonds. The molecule has 0 saturated carbocycles. The number of anilines is 3. The molecule has 2 N–H and O–H groups in total. The van der Waals surface area contributed by atoms with E-state index in [0.717, 1.165) is 62.3 Å². The van der Waals surface area contributed by atoms with Crippen LogP contribution in [-0.4, -0.2) is 134 Å². The zero-order valence-electron chi connectivity index (χ0n) is 40.5. The number of urea groups is 1. The van der Waals surface area contributed by atoms with Gasteiger partial charge in [-0.25, -0.2) is 27.9 Å². The van der Waals surface area contributed by atoms with E-state index in [4.69, 9.17) is 4.74 Å². The van der Waals surface area contributed by atoms with Gasteiger partial charge >= 0.3 is 6.03 Å². The molecule has 0 aliphatic carbocycles. The summed E-state index contributed by atoms with van der Waals surface area (Å²) in [5, 5.41) is 13.1. The average molecular weight is 1020 g/mol. The van der Waals surface area contributed by atoms with Crippen LogP contribution < -0.4 is 20.4 Å². The summed E-state index contributed by atoms with van der Waals surface area (Å²) in [6.45, 7) is 3.89. The molecule has 12 rings (SSSR count). The van der Waals surface area contributed by atoms with E-state index in [1.54, 1.807) is 58.8 Å². The molecule has 17 nitrogen and oxygen atoms in total. The van der Waals surface area contributed by atoms with Crippen molar-refractivity contribution in [2.45, 2.75) is 75.7 Å². The molecule has 3 aromatic carbocycles. The Bertz CT molecular complexity index is 3150. The number of hydrogen-bond donors (Lipinski definition) is 2. The van der Waals surface area contributed by atoms with Crippen LogP contribution in [0.5, 0.6) is 0 Å². The molecule has 1 spiro atoms. The summed E-state index contributed by atoms with van der Waals surface area (Å²) in [5.74, 6) is -5.43. The Morgan fingerprint density at radius 2 is 1.77 bits per heavy atom. The number of thiazole rings is 1. The number of imidazole rings is 1. The number of piperidine rings is 2. The maximum atomic E-state index is 16.0. The molecule has 3 aromatic heterocycles. The van der Waals surface area contributed by atoms with Crippen molar-refractivity contribution in [3.63, 3.8) is 0 Å². The zero-order valence-corrected chi connectivity index (χ0v) is 41.3. The number of rotatable bonds is 11. The summed E-state index contributed by atoms with van der Waals surface area (Å²) in [6.07, 6.45) is 7.02. The summed E-state index contributed by atoms with van der Waals surface area (Å²) in [4.78, 5) is 71.9. The fraction of sp³-hybridized carbons (Fsp3) is 0.442. The number of ether oxygens (including phenoxy) is 1. The number of alkyl halides is 2. The molecule has 380 valence electrons. The largest absolute Gasteiger partial charge is 0.370 e. The van der Waals surface area contributed by atoms with Gasteiger partial charge in [0.25, 0.3) is 17.7 Å². The van der Waals surface area contributed by atoms with Crippen LogP contribution in [0.25, 0.3) is 22.0 Å². The summed E-state index contributed by atoms with van der Waals surface area (Å²) >= 11 is 1.27. The summed E-state index contributed by atoms with van der Waals surface area (Å²) in [7, 11) is 3.27. The molecule has 4 saturated heterocycles. The first-order chi connectivity index (χ1) is 35.2. The standard InChI is InChI=1S/C52H55F3N12O5S/c1-61-41-24-32(7-10-35(41)46(60-61)66-18-12-42(72-2)58-50(66)71)38-11-17-63(29-52(38,54)55)43(68)26-62-19-13-51(14-20-62)27-65(28-51)34-8-5-31(6-9-34)33-22-36-37(39(53)23-33)25-67(48(36)70)45(47(69)59-49-56-15-21-73-49)44-40-4-3-16-64(40)30-57-44/h5-10,15,21-24,30,38,42,45H,3-4,11-14,16-20,25-29H2,1-2H3,(H,58,71)(H,56,59,69)/t38-,42?,45?/m0/s1. The topological polar surface area (TPSA) is 166 Å². The molecule has 6 aliphatic heterocycles. The van der Waals surface area contributed by atoms with Crippen LogP contribution in [0.15, 0.2) is 72.5 Å². The number of fused-ring (bicyclic) bond motifs is 3. The first-order valence-corrected chi connectivity index (χ1v) is 25.8. The fourth-order valence-electron chi connectivity index (χ4n) is 12.0. The molecular formula is C52H55F3N12O5S. The van der Waals surface area contributed by atoms with Gasteiger partial charge in [-0.05, 0) is 98.3 Å². The van der Waals surface area contributed by atoms with Gasteiger partial charge in [0.2, 0.25) is 5.91 Å². The zero-order chi connectivity index (χ0) is 50.3. The second-order valence-corrected chi connectivity index (χ2v) is 21.3. The van der Waals surface area contributed by atoms with Gasteiger partial charge < -0.3 is 29.3 Å². The van der Waals surface area contributed by atoms with E-state index in [1.165, 1.54) is 34.3 Å². The summed E-state index contributed by atoms with van der Waals surface area (Å²) in [6, 6.07) is 14.8. The molecule has 6 aromatic rings. The lowest BCUT2D eigenvalue weighted by atomic mass is 9.71. The van der Waals surface area contributed by atoms with Crippen LogP contribution in [0.1, 0.15) is 76.9 Å². The SMILES string of the molecule is COC1CCN(c2nn(C)c3cc([C@@H]4CCN(C(=O)CN5CCC6(CC5)CN(c5ccc(-c7cc(F)c8c(c7)C(=O)N(C(C(=O)Nc7nccs7)c7ncn9c7CCC9)C8)cc5)C6)CC4(F)F)ccc23)C(=O)N1. The minimum atomic E-state index is -3.14. The van der Waals surface area contributed by atoms with Crippen molar-refractivity contribution in [3.05, 3.63) is 106 Å². The fourth-order valence-corrected chi connectivity index (χ4v) is 12.6. The van der Waals surface area contributed by atoms with E-state index in [2.05, 4.69) is 35.5 Å². The normalized spacial score (nSPS) is 21.9. The number of benzene rings is 3. The molecule has 21 heteroatoms. The number of likely N-dealkylation sites (tertiary alicyclic amines) is 2. The molecule has 2 unspecified atom stereocenters. The number of methoxy groups -OCH3 is 1. The highest BCUT2D eigenvalue weighted by atomic mass is 32.1. The van der Waals surface area contributed by atoms with Crippen molar-refractivity contribution in [2.24, 2.45) is 12.5 Å². The van der Waals surface area contributed by atoms with Crippen molar-refractivity contribution in [1.82, 2.24) is 44.3 Å².